The lowest BCUT2D eigenvalue weighted by Crippen LogP contribution is -2.41. The molecule has 6 nitrogen and oxygen atoms in total. The molecule has 1 heterocycles. The number of carbonyl (C=O) groups is 1. The molecule has 1 amide bonds. The van der Waals surface area contributed by atoms with E-state index in [0.29, 0.717) is 23.6 Å². The monoisotopic (exact) mass is 450 g/mol. The molecule has 0 aliphatic carbocycles. The third-order valence-corrected chi connectivity index (χ3v) is 5.98. The first-order valence-electron chi connectivity index (χ1n) is 10.2. The number of hydrogen-bond donors (Lipinski definition) is 0. The largest absolute Gasteiger partial charge is 0.497 e. The quantitative estimate of drug-likeness (QED) is 0.449. The van der Waals surface area contributed by atoms with E-state index in [4.69, 9.17) is 19.5 Å². The van der Waals surface area contributed by atoms with Gasteiger partial charge in [-0.1, -0.05) is 18.2 Å². The highest BCUT2D eigenvalue weighted by Gasteiger charge is 2.22. The summed E-state index contributed by atoms with van der Waals surface area (Å²) in [7, 11) is 3.13. The highest BCUT2D eigenvalue weighted by Crippen LogP contribution is 2.28. The molecule has 0 saturated heterocycles. The van der Waals surface area contributed by atoms with Gasteiger partial charge in [0.2, 0.25) is 0 Å². The lowest BCUT2D eigenvalue weighted by Gasteiger charge is -2.29. The van der Waals surface area contributed by atoms with E-state index in [1.54, 1.807) is 36.6 Å². The lowest BCUT2D eigenvalue weighted by molar-refractivity contribution is -0.136. The molecule has 0 aliphatic heterocycles. The van der Waals surface area contributed by atoms with Crippen molar-refractivity contribution < 1.29 is 19.0 Å². The Bertz CT molecular complexity index is 1060. The Labute approximate surface area is 192 Å². The maximum Gasteiger partial charge on any atom is 0.261 e. The van der Waals surface area contributed by atoms with Crippen LogP contribution in [-0.4, -0.2) is 37.7 Å². The number of nitriles is 1. The second kappa shape index (κ2) is 11.2. The average molecular weight is 451 g/mol. The molecular weight excluding hydrogens is 424 g/mol. The molecule has 0 N–H and O–H groups in total. The molecule has 1 aromatic heterocycles. The molecule has 0 aliphatic rings. The molecule has 0 saturated carbocycles. The van der Waals surface area contributed by atoms with Crippen molar-refractivity contribution in [3.8, 4) is 23.3 Å². The number of methoxy groups -OCH3 is 2. The summed E-state index contributed by atoms with van der Waals surface area (Å²) in [6, 6.07) is 18.7. The van der Waals surface area contributed by atoms with E-state index < -0.39 is 0 Å². The number of ether oxygens (including phenoxy) is 3. The van der Waals surface area contributed by atoms with Crippen molar-refractivity contribution in [2.75, 3.05) is 20.8 Å². The zero-order valence-corrected chi connectivity index (χ0v) is 19.2. The second-order valence-corrected chi connectivity index (χ2v) is 8.30. The highest BCUT2D eigenvalue weighted by atomic mass is 32.1. The summed E-state index contributed by atoms with van der Waals surface area (Å²) in [5.41, 5.74) is 1.47. The SMILES string of the molecule is COc1ccc(CN(C(=O)COc2ccc(C#N)cc2OC)[C@H](C)Cc2cccs2)cc1. The zero-order valence-electron chi connectivity index (χ0n) is 18.4. The number of rotatable bonds is 10. The van der Waals surface area contributed by atoms with Gasteiger partial charge in [-0.05, 0) is 48.2 Å². The molecule has 3 rings (SSSR count). The maximum atomic E-state index is 13.2. The van der Waals surface area contributed by atoms with Crippen molar-refractivity contribution in [2.45, 2.75) is 25.9 Å². The zero-order chi connectivity index (χ0) is 22.9. The molecule has 2 aromatic carbocycles. The fraction of sp³-hybridized carbons (Fsp3) is 0.280. The number of amides is 1. The molecule has 0 radical (unpaired) electrons. The van der Waals surface area contributed by atoms with Crippen LogP contribution >= 0.6 is 11.3 Å². The fourth-order valence-electron chi connectivity index (χ4n) is 3.33. The minimum absolute atomic E-state index is 0.0188. The summed E-state index contributed by atoms with van der Waals surface area (Å²) in [5, 5.41) is 11.1. The van der Waals surface area contributed by atoms with Gasteiger partial charge in [-0.3, -0.25) is 4.79 Å². The first kappa shape index (κ1) is 23.2. The molecule has 0 bridgehead atoms. The van der Waals surface area contributed by atoms with Gasteiger partial charge in [-0.2, -0.15) is 5.26 Å². The van der Waals surface area contributed by atoms with Crippen LogP contribution in [0.4, 0.5) is 0 Å². The van der Waals surface area contributed by atoms with Crippen LogP contribution in [0.1, 0.15) is 22.9 Å². The second-order valence-electron chi connectivity index (χ2n) is 7.27. The Hall–Kier alpha value is -3.50. The first-order valence-corrected chi connectivity index (χ1v) is 11.1. The highest BCUT2D eigenvalue weighted by molar-refractivity contribution is 7.09. The third kappa shape index (κ3) is 6.02. The smallest absolute Gasteiger partial charge is 0.261 e. The van der Waals surface area contributed by atoms with Crippen LogP contribution in [0.5, 0.6) is 17.2 Å². The predicted molar refractivity (Wildman–Crippen MR) is 124 cm³/mol. The van der Waals surface area contributed by atoms with Gasteiger partial charge in [0.1, 0.15) is 5.75 Å². The van der Waals surface area contributed by atoms with Crippen LogP contribution in [-0.2, 0) is 17.8 Å². The van der Waals surface area contributed by atoms with Gasteiger partial charge < -0.3 is 19.1 Å². The van der Waals surface area contributed by atoms with E-state index in [9.17, 15) is 4.79 Å². The molecule has 0 spiro atoms. The summed E-state index contributed by atoms with van der Waals surface area (Å²) >= 11 is 1.68. The maximum absolute atomic E-state index is 13.2. The van der Waals surface area contributed by atoms with Crippen LogP contribution in [0.3, 0.4) is 0 Å². The summed E-state index contributed by atoms with van der Waals surface area (Å²) in [6.07, 6.45) is 0.764. The molecule has 1 atom stereocenters. The number of hydrogen-bond acceptors (Lipinski definition) is 6. The van der Waals surface area contributed by atoms with Crippen LogP contribution in [0, 0.1) is 11.3 Å². The normalized spacial score (nSPS) is 11.3. The summed E-state index contributed by atoms with van der Waals surface area (Å²) < 4.78 is 16.3. The molecule has 3 aromatic rings. The topological polar surface area (TPSA) is 71.8 Å². The van der Waals surface area contributed by atoms with Crippen molar-refractivity contribution in [3.63, 3.8) is 0 Å². The van der Waals surface area contributed by atoms with Crippen LogP contribution in [0.2, 0.25) is 0 Å². The first-order chi connectivity index (χ1) is 15.5. The van der Waals surface area contributed by atoms with Gasteiger partial charge in [0.15, 0.2) is 18.1 Å². The van der Waals surface area contributed by atoms with Crippen LogP contribution in [0.25, 0.3) is 0 Å². The van der Waals surface area contributed by atoms with Gasteiger partial charge in [-0.25, -0.2) is 0 Å². The predicted octanol–water partition coefficient (Wildman–Crippen LogP) is 4.68. The standard InChI is InChI=1S/C25H26N2O4S/c1-18(13-22-5-4-12-32-22)27(16-19-6-9-21(29-2)10-7-19)25(28)17-31-23-11-8-20(15-26)14-24(23)30-3/h4-12,14,18H,13,16-17H2,1-3H3/t18-/m1/s1. The molecule has 166 valence electrons. The molecule has 0 fully saturated rings. The average Bonchev–Trinajstić information content (AvgIpc) is 3.34. The van der Waals surface area contributed by atoms with Crippen LogP contribution in [0.15, 0.2) is 60.0 Å². The summed E-state index contributed by atoms with van der Waals surface area (Å²) in [5.74, 6) is 1.49. The fourth-order valence-corrected chi connectivity index (χ4v) is 4.15. The van der Waals surface area contributed by atoms with E-state index >= 15 is 0 Å². The van der Waals surface area contributed by atoms with E-state index in [1.165, 1.54) is 12.0 Å². The summed E-state index contributed by atoms with van der Waals surface area (Å²) in [4.78, 5) is 16.3. The third-order valence-electron chi connectivity index (χ3n) is 5.08. The minimum Gasteiger partial charge on any atom is -0.497 e. The van der Waals surface area contributed by atoms with E-state index in [2.05, 4.69) is 12.1 Å². The van der Waals surface area contributed by atoms with Gasteiger partial charge in [0.05, 0.1) is 25.9 Å². The Morgan fingerprint density at radius 1 is 1.09 bits per heavy atom. The lowest BCUT2D eigenvalue weighted by atomic mass is 10.1. The Morgan fingerprint density at radius 2 is 1.88 bits per heavy atom. The molecule has 0 unspecified atom stereocenters. The van der Waals surface area contributed by atoms with Gasteiger partial charge in [-0.15, -0.1) is 11.3 Å². The Balaban J connectivity index is 1.75. The van der Waals surface area contributed by atoms with Gasteiger partial charge >= 0.3 is 0 Å². The molecule has 7 heteroatoms. The number of carbonyl (C=O) groups excluding carboxylic acids is 1. The van der Waals surface area contributed by atoms with Crippen molar-refractivity contribution in [3.05, 3.63) is 76.0 Å². The van der Waals surface area contributed by atoms with Crippen molar-refractivity contribution in [1.29, 1.82) is 5.26 Å². The van der Waals surface area contributed by atoms with Crippen molar-refractivity contribution in [2.24, 2.45) is 0 Å². The van der Waals surface area contributed by atoms with Gasteiger partial charge in [0, 0.05) is 30.0 Å². The van der Waals surface area contributed by atoms with Crippen molar-refractivity contribution in [1.82, 2.24) is 4.90 Å². The number of thiophene rings is 1. The molecule has 32 heavy (non-hydrogen) atoms. The van der Waals surface area contributed by atoms with Gasteiger partial charge in [0.25, 0.3) is 5.91 Å². The Morgan fingerprint density at radius 3 is 2.50 bits per heavy atom. The van der Waals surface area contributed by atoms with E-state index in [-0.39, 0.29) is 18.6 Å². The van der Waals surface area contributed by atoms with E-state index in [1.807, 2.05) is 47.5 Å². The van der Waals surface area contributed by atoms with Crippen molar-refractivity contribution >= 4 is 17.2 Å². The minimum atomic E-state index is -0.132. The van der Waals surface area contributed by atoms with E-state index in [0.717, 1.165) is 17.7 Å². The number of nitrogens with zero attached hydrogens (tertiary/aromatic N) is 2. The number of benzene rings is 2. The summed E-state index contributed by atoms with van der Waals surface area (Å²) in [6.45, 7) is 2.37. The Kier molecular flexibility index (Phi) is 8.12. The van der Waals surface area contributed by atoms with Crippen LogP contribution < -0.4 is 14.2 Å². The molecular formula is C25H26N2O4S.